The molecule has 2 aromatic carbocycles. The van der Waals surface area contributed by atoms with Gasteiger partial charge in [0.25, 0.3) is 0 Å². The minimum atomic E-state index is -4.88. The summed E-state index contributed by atoms with van der Waals surface area (Å²) in [5.74, 6) is -0.498. The Labute approximate surface area is 274 Å². The largest absolute Gasteiger partial charge is 0.573 e. The van der Waals surface area contributed by atoms with Gasteiger partial charge >= 0.3 is 18.5 Å². The smallest absolute Gasteiger partial charge is 0.465 e. The summed E-state index contributed by atoms with van der Waals surface area (Å²) < 4.78 is 102. The Morgan fingerprint density at radius 2 is 1.73 bits per heavy atom. The summed E-state index contributed by atoms with van der Waals surface area (Å²) in [5, 5.41) is 6.35. The van der Waals surface area contributed by atoms with Crippen molar-refractivity contribution in [3.8, 4) is 28.3 Å². The van der Waals surface area contributed by atoms with Crippen molar-refractivity contribution in [3.05, 3.63) is 70.3 Å². The molecule has 0 radical (unpaired) electrons. The summed E-state index contributed by atoms with van der Waals surface area (Å²) in [4.78, 5) is 18.7. The number of hydrogen-bond donors (Lipinski definition) is 0. The number of aromatic nitrogens is 2. The van der Waals surface area contributed by atoms with Crippen LogP contribution in [0.1, 0.15) is 71.7 Å². The molecule has 3 atom stereocenters. The Morgan fingerprint density at radius 3 is 2.40 bits per heavy atom. The summed E-state index contributed by atoms with van der Waals surface area (Å²) in [6.45, 7) is 0.0955. The second-order valence-corrected chi connectivity index (χ2v) is 13.0. The second kappa shape index (κ2) is 12.4. The van der Waals surface area contributed by atoms with E-state index in [-0.39, 0.29) is 64.5 Å². The van der Waals surface area contributed by atoms with Crippen molar-refractivity contribution in [2.75, 3.05) is 12.0 Å². The van der Waals surface area contributed by atoms with E-state index in [1.54, 1.807) is 11.4 Å². The minimum Gasteiger partial charge on any atom is -0.465 e. The summed E-state index contributed by atoms with van der Waals surface area (Å²) in [7, 11) is 1.10. The van der Waals surface area contributed by atoms with Crippen LogP contribution in [0.3, 0.4) is 0 Å². The molecule has 4 heterocycles. The molecule has 8 nitrogen and oxygen atoms in total. The minimum absolute atomic E-state index is 0.0438. The third-order valence-corrected chi connectivity index (χ3v) is 9.88. The van der Waals surface area contributed by atoms with Crippen LogP contribution < -0.4 is 9.64 Å². The van der Waals surface area contributed by atoms with Crippen LogP contribution in [-0.4, -0.2) is 47.8 Å². The predicted octanol–water partition coefficient (Wildman–Crippen LogP) is 8.76. The number of hydrogen-bond acceptors (Lipinski definition) is 9. The van der Waals surface area contributed by atoms with Gasteiger partial charge in [0.15, 0.2) is 5.13 Å². The van der Waals surface area contributed by atoms with Gasteiger partial charge in [0, 0.05) is 40.1 Å². The van der Waals surface area contributed by atoms with E-state index in [9.17, 15) is 31.1 Å². The highest BCUT2D eigenvalue weighted by atomic mass is 32.1. The molecule has 254 valence electrons. The zero-order chi connectivity index (χ0) is 33.8. The van der Waals surface area contributed by atoms with Gasteiger partial charge in [0.2, 0.25) is 0 Å². The van der Waals surface area contributed by atoms with Crippen LogP contribution in [0, 0.1) is 0 Å². The number of methoxy groups -OCH3 is 1. The van der Waals surface area contributed by atoms with Crippen molar-refractivity contribution in [3.63, 3.8) is 0 Å². The molecule has 15 heteroatoms. The number of carbonyl (C=O) groups is 1. The fourth-order valence-electron chi connectivity index (χ4n) is 6.75. The molecule has 0 spiro atoms. The molecular formula is C33H29F6N3O5S. The first kappa shape index (κ1) is 32.4. The molecule has 1 aliphatic carbocycles. The molecule has 0 amide bonds. The van der Waals surface area contributed by atoms with Gasteiger partial charge < -0.3 is 23.6 Å². The van der Waals surface area contributed by atoms with Crippen LogP contribution in [0.15, 0.2) is 52.4 Å². The monoisotopic (exact) mass is 693 g/mol. The average Bonchev–Trinajstić information content (AvgIpc) is 3.51. The lowest BCUT2D eigenvalue weighted by Gasteiger charge is -2.38. The maximum Gasteiger partial charge on any atom is 0.573 e. The number of benzene rings is 2. The lowest BCUT2D eigenvalue weighted by Crippen LogP contribution is -2.45. The fourth-order valence-corrected chi connectivity index (χ4v) is 7.71. The van der Waals surface area contributed by atoms with Gasteiger partial charge in [0.05, 0.1) is 36.6 Å². The van der Waals surface area contributed by atoms with E-state index in [1.165, 1.54) is 41.7 Å². The van der Waals surface area contributed by atoms with Crippen molar-refractivity contribution in [1.29, 1.82) is 0 Å². The van der Waals surface area contributed by atoms with Crippen LogP contribution in [-0.2, 0) is 22.3 Å². The summed E-state index contributed by atoms with van der Waals surface area (Å²) in [5.41, 5.74) is -0.110. The van der Waals surface area contributed by atoms with Gasteiger partial charge in [-0.25, -0.2) is 9.78 Å². The summed E-state index contributed by atoms with van der Waals surface area (Å²) in [6, 6.07) is 9.20. The molecule has 3 fully saturated rings. The number of anilines is 1. The number of halogens is 6. The highest BCUT2D eigenvalue weighted by Crippen LogP contribution is 2.47. The van der Waals surface area contributed by atoms with Crippen molar-refractivity contribution in [1.82, 2.24) is 10.1 Å². The van der Waals surface area contributed by atoms with E-state index >= 15 is 0 Å². The first-order valence-electron chi connectivity index (χ1n) is 15.4. The lowest BCUT2D eigenvalue weighted by atomic mass is 9.99. The van der Waals surface area contributed by atoms with Gasteiger partial charge in [-0.3, -0.25) is 0 Å². The van der Waals surface area contributed by atoms with Crippen molar-refractivity contribution >= 4 is 22.4 Å². The van der Waals surface area contributed by atoms with E-state index in [1.807, 2.05) is 0 Å². The van der Waals surface area contributed by atoms with Crippen LogP contribution in [0.5, 0.6) is 5.75 Å². The second-order valence-electron chi connectivity index (χ2n) is 12.2. The van der Waals surface area contributed by atoms with Crippen LogP contribution in [0.25, 0.3) is 22.5 Å². The van der Waals surface area contributed by atoms with E-state index in [0.29, 0.717) is 29.3 Å². The van der Waals surface area contributed by atoms with Crippen LogP contribution >= 0.6 is 11.3 Å². The fraction of sp³-hybridized carbons (Fsp3) is 0.424. The molecule has 2 aromatic heterocycles. The third-order valence-electron chi connectivity index (χ3n) is 9.02. The number of alkyl halides is 6. The van der Waals surface area contributed by atoms with Crippen LogP contribution in [0.4, 0.5) is 31.5 Å². The standard InChI is InChI=1S/C33H29F6N3O5S/c1-44-30(43)18-8-11-22(25(12-18)32(34,35)36)26-16-48-31(40-26)42-19-9-10-20(42)14-21(13-19)45-15-24-28(41-47-29(24)17-6-7-17)23-4-2-3-5-27(23)46-33(37,38)39/h2-5,8,11-12,16-17,19-21H,6-7,9-10,13-15H2,1H3/t19-,20+,21-. The first-order valence-corrected chi connectivity index (χ1v) is 16.3. The Hall–Kier alpha value is -4.11. The molecule has 2 bridgehead atoms. The molecule has 4 aromatic rings. The Morgan fingerprint density at radius 1 is 1.00 bits per heavy atom. The maximum atomic E-state index is 14.0. The number of nitrogens with zero attached hydrogens (tertiary/aromatic N) is 3. The molecule has 0 N–H and O–H groups in total. The Balaban J connectivity index is 1.08. The number of fused-ring (bicyclic) bond motifs is 2. The number of carbonyl (C=O) groups excluding carboxylic acids is 1. The van der Waals surface area contributed by atoms with Gasteiger partial charge in [0.1, 0.15) is 17.2 Å². The lowest BCUT2D eigenvalue weighted by molar-refractivity contribution is -0.274. The van der Waals surface area contributed by atoms with Crippen molar-refractivity contribution in [2.24, 2.45) is 0 Å². The molecule has 7 rings (SSSR count). The highest BCUT2D eigenvalue weighted by molar-refractivity contribution is 7.14. The zero-order valence-electron chi connectivity index (χ0n) is 25.4. The van der Waals surface area contributed by atoms with Crippen molar-refractivity contribution < 1.29 is 49.9 Å². The number of esters is 1. The molecular weight excluding hydrogens is 664 g/mol. The number of piperidine rings is 1. The Bertz CT molecular complexity index is 1800. The highest BCUT2D eigenvalue weighted by Gasteiger charge is 2.44. The topological polar surface area (TPSA) is 86.9 Å². The zero-order valence-corrected chi connectivity index (χ0v) is 26.3. The van der Waals surface area contributed by atoms with E-state index in [4.69, 9.17) is 9.26 Å². The van der Waals surface area contributed by atoms with Gasteiger partial charge in [-0.2, -0.15) is 13.2 Å². The molecule has 2 saturated heterocycles. The predicted molar refractivity (Wildman–Crippen MR) is 162 cm³/mol. The van der Waals surface area contributed by atoms with E-state index in [0.717, 1.165) is 38.9 Å². The van der Waals surface area contributed by atoms with Crippen LogP contribution in [0.2, 0.25) is 0 Å². The van der Waals surface area contributed by atoms with Gasteiger partial charge in [-0.15, -0.1) is 24.5 Å². The van der Waals surface area contributed by atoms with Gasteiger partial charge in [-0.05, 0) is 62.8 Å². The molecule has 1 saturated carbocycles. The Kier molecular flexibility index (Phi) is 8.38. The number of thiazole rings is 1. The SMILES string of the molecule is COC(=O)c1ccc(-c2csc(N3[C@@H]4CC[C@H]3C[C@H](OCc3c(-c5ccccc5OC(F)(F)F)noc3C3CC3)C4)n2)c(C(F)(F)F)c1. The number of para-hydroxylation sites is 1. The average molecular weight is 694 g/mol. The summed E-state index contributed by atoms with van der Waals surface area (Å²) in [6.07, 6.45) is -4.99. The number of rotatable bonds is 9. The first-order chi connectivity index (χ1) is 22.9. The molecule has 0 unspecified atom stereocenters. The molecule has 3 aliphatic rings. The summed E-state index contributed by atoms with van der Waals surface area (Å²) >= 11 is 1.26. The number of ether oxygens (including phenoxy) is 3. The molecule has 48 heavy (non-hydrogen) atoms. The van der Waals surface area contributed by atoms with E-state index in [2.05, 4.69) is 24.5 Å². The third kappa shape index (κ3) is 6.49. The van der Waals surface area contributed by atoms with E-state index < -0.39 is 24.1 Å². The van der Waals surface area contributed by atoms with Gasteiger partial charge in [-0.1, -0.05) is 23.4 Å². The quantitative estimate of drug-likeness (QED) is 0.127. The molecule has 2 aliphatic heterocycles. The normalized spacial score (nSPS) is 21.1. The van der Waals surface area contributed by atoms with Crippen molar-refractivity contribution in [2.45, 2.75) is 81.8 Å². The maximum absolute atomic E-state index is 14.0.